The lowest BCUT2D eigenvalue weighted by molar-refractivity contribution is -0.143. The molecule has 0 spiro atoms. The van der Waals surface area contributed by atoms with Crippen molar-refractivity contribution in [3.8, 4) is 0 Å². The number of aliphatic carboxylic acids is 1. The standard InChI is InChI=1S/C14H19NO4S/c1-10-7-12(14(16)17)9-15(8-10)20(18,19)13-6-4-3-5-11(13)2/h3-6,10,12H,7-9H2,1-2H3,(H,16,17). The molecule has 5 nitrogen and oxygen atoms in total. The Balaban J connectivity index is 2.34. The van der Waals surface area contributed by atoms with Crippen molar-refractivity contribution < 1.29 is 18.3 Å². The third-order valence-corrected chi connectivity index (χ3v) is 5.68. The SMILES string of the molecule is Cc1ccccc1S(=O)(=O)N1CC(C)CC(C(=O)O)C1. The quantitative estimate of drug-likeness (QED) is 0.922. The molecule has 0 bridgehead atoms. The van der Waals surface area contributed by atoms with Gasteiger partial charge in [0, 0.05) is 13.1 Å². The zero-order valence-corrected chi connectivity index (χ0v) is 12.4. The third kappa shape index (κ3) is 2.86. The van der Waals surface area contributed by atoms with Crippen LogP contribution in [-0.2, 0) is 14.8 Å². The van der Waals surface area contributed by atoms with E-state index in [1.807, 2.05) is 6.92 Å². The number of carboxylic acid groups (broad SMARTS) is 1. The minimum Gasteiger partial charge on any atom is -0.481 e. The zero-order chi connectivity index (χ0) is 14.9. The molecule has 1 aliphatic heterocycles. The van der Waals surface area contributed by atoms with Gasteiger partial charge in [0.1, 0.15) is 0 Å². The van der Waals surface area contributed by atoms with Gasteiger partial charge in [0.25, 0.3) is 0 Å². The van der Waals surface area contributed by atoms with Gasteiger partial charge in [-0.1, -0.05) is 25.1 Å². The lowest BCUT2D eigenvalue weighted by Crippen LogP contribution is -2.45. The van der Waals surface area contributed by atoms with E-state index in [-0.39, 0.29) is 17.4 Å². The first-order valence-corrected chi connectivity index (χ1v) is 8.05. The molecule has 1 heterocycles. The van der Waals surface area contributed by atoms with Gasteiger partial charge in [-0.2, -0.15) is 4.31 Å². The summed E-state index contributed by atoms with van der Waals surface area (Å²) < 4.78 is 26.6. The third-order valence-electron chi connectivity index (χ3n) is 3.69. The molecule has 0 radical (unpaired) electrons. The van der Waals surface area contributed by atoms with Gasteiger partial charge in [-0.25, -0.2) is 8.42 Å². The Morgan fingerprint density at radius 2 is 1.95 bits per heavy atom. The summed E-state index contributed by atoms with van der Waals surface area (Å²) in [6, 6.07) is 6.78. The molecule has 0 aromatic heterocycles. The first-order chi connectivity index (χ1) is 9.32. The minimum atomic E-state index is -3.62. The summed E-state index contributed by atoms with van der Waals surface area (Å²) in [6.45, 7) is 4.06. The van der Waals surface area contributed by atoms with Crippen LogP contribution in [0.1, 0.15) is 18.9 Å². The molecule has 1 N–H and O–H groups in total. The molecule has 1 aliphatic rings. The number of hydrogen-bond donors (Lipinski definition) is 1. The van der Waals surface area contributed by atoms with Crippen LogP contribution in [-0.4, -0.2) is 36.9 Å². The molecule has 2 rings (SSSR count). The number of sulfonamides is 1. The van der Waals surface area contributed by atoms with Crippen molar-refractivity contribution in [1.29, 1.82) is 0 Å². The first-order valence-electron chi connectivity index (χ1n) is 6.61. The van der Waals surface area contributed by atoms with Crippen molar-refractivity contribution in [2.75, 3.05) is 13.1 Å². The molecule has 1 saturated heterocycles. The van der Waals surface area contributed by atoms with Gasteiger partial charge in [-0.3, -0.25) is 4.79 Å². The second kappa shape index (κ2) is 5.54. The molecule has 0 aliphatic carbocycles. The largest absolute Gasteiger partial charge is 0.481 e. The Morgan fingerprint density at radius 3 is 2.55 bits per heavy atom. The number of piperidine rings is 1. The summed E-state index contributed by atoms with van der Waals surface area (Å²) in [7, 11) is -3.62. The summed E-state index contributed by atoms with van der Waals surface area (Å²) in [4.78, 5) is 11.4. The molecule has 2 atom stereocenters. The fourth-order valence-electron chi connectivity index (χ4n) is 2.66. The normalized spacial score (nSPS) is 24.5. The number of benzene rings is 1. The number of rotatable bonds is 3. The van der Waals surface area contributed by atoms with Gasteiger partial charge < -0.3 is 5.11 Å². The molecule has 1 aromatic rings. The van der Waals surface area contributed by atoms with Crippen molar-refractivity contribution in [1.82, 2.24) is 4.31 Å². The maximum atomic E-state index is 12.7. The maximum Gasteiger partial charge on any atom is 0.307 e. The van der Waals surface area contributed by atoms with E-state index < -0.39 is 21.9 Å². The van der Waals surface area contributed by atoms with Crippen molar-refractivity contribution in [2.45, 2.75) is 25.2 Å². The molecule has 110 valence electrons. The Morgan fingerprint density at radius 1 is 1.30 bits per heavy atom. The summed E-state index contributed by atoms with van der Waals surface area (Å²) in [5.41, 5.74) is 0.678. The number of carbonyl (C=O) groups is 1. The lowest BCUT2D eigenvalue weighted by atomic mass is 9.92. The van der Waals surface area contributed by atoms with Crippen LogP contribution < -0.4 is 0 Å². The highest BCUT2D eigenvalue weighted by Crippen LogP contribution is 2.28. The van der Waals surface area contributed by atoms with Gasteiger partial charge in [0.15, 0.2) is 0 Å². The molecule has 1 aromatic carbocycles. The first kappa shape index (κ1) is 15.0. The average Bonchev–Trinajstić information content (AvgIpc) is 2.38. The van der Waals surface area contributed by atoms with Crippen LogP contribution in [0, 0.1) is 18.8 Å². The summed E-state index contributed by atoms with van der Waals surface area (Å²) in [6.07, 6.45) is 0.523. The van der Waals surface area contributed by atoms with Gasteiger partial charge in [-0.15, -0.1) is 0 Å². The molecule has 1 fully saturated rings. The van der Waals surface area contributed by atoms with Crippen LogP contribution in [0.4, 0.5) is 0 Å². The summed E-state index contributed by atoms with van der Waals surface area (Å²) >= 11 is 0. The smallest absolute Gasteiger partial charge is 0.307 e. The van der Waals surface area contributed by atoms with E-state index in [1.54, 1.807) is 31.2 Å². The fourth-order valence-corrected chi connectivity index (χ4v) is 4.49. The summed E-state index contributed by atoms with van der Waals surface area (Å²) in [5, 5.41) is 9.14. The average molecular weight is 297 g/mol. The number of hydrogen-bond acceptors (Lipinski definition) is 3. The summed E-state index contributed by atoms with van der Waals surface area (Å²) in [5.74, 6) is -1.51. The van der Waals surface area contributed by atoms with E-state index >= 15 is 0 Å². The molecule has 20 heavy (non-hydrogen) atoms. The molecule has 2 unspecified atom stereocenters. The van der Waals surface area contributed by atoms with E-state index in [4.69, 9.17) is 5.11 Å². The van der Waals surface area contributed by atoms with Gasteiger partial charge in [-0.05, 0) is 30.9 Å². The van der Waals surface area contributed by atoms with Gasteiger partial charge in [0.2, 0.25) is 10.0 Å². The van der Waals surface area contributed by atoms with Crippen LogP contribution in [0.2, 0.25) is 0 Å². The second-order valence-corrected chi connectivity index (χ2v) is 7.37. The molecular weight excluding hydrogens is 278 g/mol. The molecule has 0 amide bonds. The van der Waals surface area contributed by atoms with E-state index in [0.717, 1.165) is 0 Å². The van der Waals surface area contributed by atoms with E-state index in [2.05, 4.69) is 0 Å². The van der Waals surface area contributed by atoms with Crippen LogP contribution in [0.5, 0.6) is 0 Å². The fraction of sp³-hybridized carbons (Fsp3) is 0.500. The minimum absolute atomic E-state index is 0.0450. The molecule has 6 heteroatoms. The molecule has 0 saturated carbocycles. The van der Waals surface area contributed by atoms with E-state index in [0.29, 0.717) is 18.5 Å². The van der Waals surface area contributed by atoms with E-state index in [1.165, 1.54) is 4.31 Å². The van der Waals surface area contributed by atoms with Gasteiger partial charge >= 0.3 is 5.97 Å². The Kier molecular flexibility index (Phi) is 4.15. The monoisotopic (exact) mass is 297 g/mol. The Labute approximate surface area is 119 Å². The molecular formula is C14H19NO4S. The highest BCUT2D eigenvalue weighted by atomic mass is 32.2. The zero-order valence-electron chi connectivity index (χ0n) is 11.6. The van der Waals surface area contributed by atoms with Crippen molar-refractivity contribution in [2.24, 2.45) is 11.8 Å². The van der Waals surface area contributed by atoms with E-state index in [9.17, 15) is 13.2 Å². The van der Waals surface area contributed by atoms with Crippen molar-refractivity contribution in [3.63, 3.8) is 0 Å². The number of carboxylic acids is 1. The van der Waals surface area contributed by atoms with Crippen LogP contribution in [0.15, 0.2) is 29.2 Å². The van der Waals surface area contributed by atoms with Gasteiger partial charge in [0.05, 0.1) is 10.8 Å². The van der Waals surface area contributed by atoms with Crippen molar-refractivity contribution >= 4 is 16.0 Å². The lowest BCUT2D eigenvalue weighted by Gasteiger charge is -2.34. The predicted molar refractivity (Wildman–Crippen MR) is 74.8 cm³/mol. The van der Waals surface area contributed by atoms with Crippen molar-refractivity contribution in [3.05, 3.63) is 29.8 Å². The number of nitrogens with zero attached hydrogens (tertiary/aromatic N) is 1. The van der Waals surface area contributed by atoms with Crippen LogP contribution >= 0.6 is 0 Å². The maximum absolute atomic E-state index is 12.7. The number of aryl methyl sites for hydroxylation is 1. The van der Waals surface area contributed by atoms with Crippen LogP contribution in [0.3, 0.4) is 0 Å². The highest BCUT2D eigenvalue weighted by Gasteiger charge is 2.36. The Bertz CT molecular complexity index is 611. The second-order valence-electron chi connectivity index (χ2n) is 5.46. The Hall–Kier alpha value is -1.40. The highest BCUT2D eigenvalue weighted by molar-refractivity contribution is 7.89. The predicted octanol–water partition coefficient (Wildman–Crippen LogP) is 1.73. The topological polar surface area (TPSA) is 74.7 Å². The van der Waals surface area contributed by atoms with Crippen LogP contribution in [0.25, 0.3) is 0 Å².